The van der Waals surface area contributed by atoms with E-state index in [1.165, 1.54) is 0 Å². The highest BCUT2D eigenvalue weighted by molar-refractivity contribution is 4.84. The molecule has 0 spiro atoms. The highest BCUT2D eigenvalue weighted by atomic mass is 19.4. The average molecular weight is 267 g/mol. The summed E-state index contributed by atoms with van der Waals surface area (Å²) in [6.07, 6.45) is -1.49. The van der Waals surface area contributed by atoms with Crippen molar-refractivity contribution in [1.82, 2.24) is 5.32 Å². The van der Waals surface area contributed by atoms with E-state index in [-0.39, 0.29) is 31.5 Å². The number of hydrogen-bond acceptors (Lipinski definition) is 2. The molecule has 0 aromatic carbocycles. The van der Waals surface area contributed by atoms with Crippen LogP contribution in [0.5, 0.6) is 0 Å². The Kier molecular flexibility index (Phi) is 5.92. The number of nitrogens with one attached hydrogen (secondary N) is 1. The van der Waals surface area contributed by atoms with Crippen molar-refractivity contribution in [3.63, 3.8) is 0 Å². The van der Waals surface area contributed by atoms with Crippen LogP contribution in [-0.4, -0.2) is 30.0 Å². The topological polar surface area (TPSA) is 32.3 Å². The van der Waals surface area contributed by atoms with Gasteiger partial charge in [-0.05, 0) is 31.6 Å². The van der Waals surface area contributed by atoms with Crippen LogP contribution in [-0.2, 0) is 0 Å². The Morgan fingerprint density at radius 2 is 1.94 bits per heavy atom. The summed E-state index contributed by atoms with van der Waals surface area (Å²) in [4.78, 5) is 0. The fourth-order valence-electron chi connectivity index (χ4n) is 2.74. The minimum absolute atomic E-state index is 0.00857. The molecule has 0 aromatic rings. The van der Waals surface area contributed by atoms with Crippen molar-refractivity contribution < 1.29 is 18.3 Å². The maximum atomic E-state index is 12.7. The van der Waals surface area contributed by atoms with E-state index in [9.17, 15) is 18.3 Å². The Hall–Kier alpha value is -0.290. The van der Waals surface area contributed by atoms with Gasteiger partial charge in [-0.1, -0.05) is 20.3 Å². The van der Waals surface area contributed by atoms with Gasteiger partial charge in [0.25, 0.3) is 0 Å². The van der Waals surface area contributed by atoms with Gasteiger partial charge in [-0.2, -0.15) is 13.2 Å². The van der Waals surface area contributed by atoms with Crippen LogP contribution in [0, 0.1) is 11.8 Å². The molecule has 0 saturated heterocycles. The van der Waals surface area contributed by atoms with Crippen LogP contribution in [0.2, 0.25) is 0 Å². The molecule has 0 radical (unpaired) electrons. The molecule has 3 atom stereocenters. The molecule has 1 aliphatic carbocycles. The van der Waals surface area contributed by atoms with Crippen molar-refractivity contribution in [2.24, 2.45) is 11.8 Å². The van der Waals surface area contributed by atoms with Crippen LogP contribution in [0.15, 0.2) is 0 Å². The number of alkyl halides is 3. The van der Waals surface area contributed by atoms with Gasteiger partial charge in [0, 0.05) is 12.1 Å². The van der Waals surface area contributed by atoms with E-state index in [0.29, 0.717) is 12.3 Å². The Bertz CT molecular complexity index is 243. The van der Waals surface area contributed by atoms with Crippen LogP contribution in [0.4, 0.5) is 13.2 Å². The van der Waals surface area contributed by atoms with Crippen LogP contribution in [0.25, 0.3) is 0 Å². The fraction of sp³-hybridized carbons (Fsp3) is 1.00. The van der Waals surface area contributed by atoms with Crippen LogP contribution < -0.4 is 5.32 Å². The molecule has 1 saturated carbocycles. The van der Waals surface area contributed by atoms with Crippen molar-refractivity contribution in [3.05, 3.63) is 0 Å². The summed E-state index contributed by atoms with van der Waals surface area (Å²) in [5, 5.41) is 12.4. The number of hydrogen-bond donors (Lipinski definition) is 2. The lowest BCUT2D eigenvalue weighted by atomic mass is 9.84. The summed E-state index contributed by atoms with van der Waals surface area (Å²) in [6.45, 7) is 4.08. The molecule has 2 N–H and O–H groups in total. The standard InChI is InChI=1S/C13H24F3NO/c1-9(2)6-12(8-18)17-11-5-3-4-10(7-11)13(14,15)16/h9-12,17-18H,3-8H2,1-2H3. The molecule has 3 unspecified atom stereocenters. The quantitative estimate of drug-likeness (QED) is 0.802. The monoisotopic (exact) mass is 267 g/mol. The van der Waals surface area contributed by atoms with Gasteiger partial charge in [0.15, 0.2) is 0 Å². The molecule has 1 fully saturated rings. The SMILES string of the molecule is CC(C)CC(CO)NC1CCCC(C(F)(F)F)C1. The van der Waals surface area contributed by atoms with Gasteiger partial charge < -0.3 is 10.4 Å². The highest BCUT2D eigenvalue weighted by Gasteiger charge is 2.42. The molecule has 0 heterocycles. The molecule has 1 aliphatic rings. The third-order valence-electron chi connectivity index (χ3n) is 3.58. The normalized spacial score (nSPS) is 27.5. The van der Waals surface area contributed by atoms with Gasteiger partial charge in [0.05, 0.1) is 12.5 Å². The number of aliphatic hydroxyl groups excluding tert-OH is 1. The van der Waals surface area contributed by atoms with Gasteiger partial charge in [0.2, 0.25) is 0 Å². The second-order valence-electron chi connectivity index (χ2n) is 5.78. The van der Waals surface area contributed by atoms with Crippen molar-refractivity contribution in [3.8, 4) is 0 Å². The number of halogens is 3. The van der Waals surface area contributed by atoms with E-state index < -0.39 is 12.1 Å². The molecule has 2 nitrogen and oxygen atoms in total. The van der Waals surface area contributed by atoms with Gasteiger partial charge in [-0.15, -0.1) is 0 Å². The summed E-state index contributed by atoms with van der Waals surface area (Å²) >= 11 is 0. The van der Waals surface area contributed by atoms with E-state index in [1.807, 2.05) is 13.8 Å². The molecule has 0 amide bonds. The van der Waals surface area contributed by atoms with Crippen LogP contribution in [0.1, 0.15) is 46.0 Å². The molecule has 1 rings (SSSR count). The predicted molar refractivity (Wildman–Crippen MR) is 65.3 cm³/mol. The summed E-state index contributed by atoms with van der Waals surface area (Å²) in [7, 11) is 0. The van der Waals surface area contributed by atoms with Gasteiger partial charge in [0.1, 0.15) is 0 Å². The maximum absolute atomic E-state index is 12.7. The third-order valence-corrected chi connectivity index (χ3v) is 3.58. The largest absolute Gasteiger partial charge is 0.395 e. The number of aliphatic hydroxyl groups is 1. The first-order valence-corrected chi connectivity index (χ1v) is 6.76. The second kappa shape index (κ2) is 6.75. The minimum atomic E-state index is -4.08. The first kappa shape index (κ1) is 15.8. The predicted octanol–water partition coefficient (Wildman–Crippen LogP) is 3.10. The Labute approximate surface area is 107 Å². The summed E-state index contributed by atoms with van der Waals surface area (Å²) in [5.41, 5.74) is 0. The first-order valence-electron chi connectivity index (χ1n) is 6.76. The van der Waals surface area contributed by atoms with E-state index >= 15 is 0 Å². The molecule has 18 heavy (non-hydrogen) atoms. The van der Waals surface area contributed by atoms with Crippen LogP contribution in [0.3, 0.4) is 0 Å². The summed E-state index contributed by atoms with van der Waals surface area (Å²) in [5.74, 6) is -0.751. The molecule has 5 heteroatoms. The smallest absolute Gasteiger partial charge is 0.391 e. The molecule has 0 aromatic heterocycles. The zero-order valence-corrected chi connectivity index (χ0v) is 11.1. The maximum Gasteiger partial charge on any atom is 0.391 e. The van der Waals surface area contributed by atoms with Gasteiger partial charge in [-0.3, -0.25) is 0 Å². The third kappa shape index (κ3) is 5.14. The first-order chi connectivity index (χ1) is 8.32. The average Bonchev–Trinajstić information content (AvgIpc) is 2.26. The van der Waals surface area contributed by atoms with Crippen molar-refractivity contribution in [2.45, 2.75) is 64.2 Å². The molecular weight excluding hydrogens is 243 g/mol. The van der Waals surface area contributed by atoms with Gasteiger partial charge in [-0.25, -0.2) is 0 Å². The lowest BCUT2D eigenvalue weighted by molar-refractivity contribution is -0.184. The zero-order valence-electron chi connectivity index (χ0n) is 11.1. The Balaban J connectivity index is 2.46. The fourth-order valence-corrected chi connectivity index (χ4v) is 2.74. The molecule has 0 bridgehead atoms. The summed E-state index contributed by atoms with van der Waals surface area (Å²) < 4.78 is 38.0. The van der Waals surface area contributed by atoms with Crippen LogP contribution >= 0.6 is 0 Å². The summed E-state index contributed by atoms with van der Waals surface area (Å²) in [6, 6.07) is -0.191. The van der Waals surface area contributed by atoms with E-state index in [0.717, 1.165) is 12.8 Å². The lowest BCUT2D eigenvalue weighted by Gasteiger charge is -2.33. The lowest BCUT2D eigenvalue weighted by Crippen LogP contribution is -2.45. The van der Waals surface area contributed by atoms with Crippen molar-refractivity contribution in [2.75, 3.05) is 6.61 Å². The highest BCUT2D eigenvalue weighted by Crippen LogP contribution is 2.37. The van der Waals surface area contributed by atoms with E-state index in [4.69, 9.17) is 0 Å². The molecule has 0 aliphatic heterocycles. The van der Waals surface area contributed by atoms with E-state index in [2.05, 4.69) is 5.32 Å². The second-order valence-corrected chi connectivity index (χ2v) is 5.78. The Morgan fingerprint density at radius 1 is 1.28 bits per heavy atom. The zero-order chi connectivity index (χ0) is 13.8. The van der Waals surface area contributed by atoms with E-state index in [1.54, 1.807) is 0 Å². The van der Waals surface area contributed by atoms with Gasteiger partial charge >= 0.3 is 6.18 Å². The minimum Gasteiger partial charge on any atom is -0.395 e. The van der Waals surface area contributed by atoms with Crippen molar-refractivity contribution in [1.29, 1.82) is 0 Å². The molecule has 108 valence electrons. The molecular formula is C13H24F3NO. The van der Waals surface area contributed by atoms with Crippen molar-refractivity contribution >= 4 is 0 Å². The number of rotatable bonds is 5. The Morgan fingerprint density at radius 3 is 2.44 bits per heavy atom.